The number of thiazole rings is 1. The van der Waals surface area contributed by atoms with Crippen LogP contribution in [0.15, 0.2) is 46.8 Å². The molecule has 4 rings (SSSR count). The maximum atomic E-state index is 13.2. The molecule has 0 radical (unpaired) electrons. The third-order valence-electron chi connectivity index (χ3n) is 4.97. The number of carbonyl (C=O) groups excluding carboxylic acids is 1. The molecule has 8 heteroatoms. The van der Waals surface area contributed by atoms with Crippen LogP contribution in [-0.4, -0.2) is 35.7 Å². The normalized spacial score (nSPS) is 16.9. The van der Waals surface area contributed by atoms with Gasteiger partial charge in [-0.2, -0.15) is 0 Å². The minimum absolute atomic E-state index is 0.0370. The Balaban J connectivity index is 0.000000339. The van der Waals surface area contributed by atoms with Gasteiger partial charge in [0.25, 0.3) is 0 Å². The van der Waals surface area contributed by atoms with Gasteiger partial charge in [-0.3, -0.25) is 4.79 Å². The van der Waals surface area contributed by atoms with E-state index in [1.54, 1.807) is 23.5 Å². The summed E-state index contributed by atoms with van der Waals surface area (Å²) in [5.74, 6) is 1.12. The molecule has 166 valence electrons. The molecule has 31 heavy (non-hydrogen) atoms. The minimum atomic E-state index is -0.248. The average Bonchev–Trinajstić information content (AvgIpc) is 3.29. The molecule has 1 amide bonds. The molecule has 1 aromatic carbocycles. The number of rotatable bonds is 4. The maximum absolute atomic E-state index is 13.2. The zero-order valence-electron chi connectivity index (χ0n) is 18.2. The molecule has 0 aliphatic carbocycles. The Hall–Kier alpha value is -2.58. The average molecular weight is 445 g/mol. The van der Waals surface area contributed by atoms with Crippen molar-refractivity contribution in [1.82, 2.24) is 15.6 Å². The number of benzene rings is 1. The van der Waals surface area contributed by atoms with Gasteiger partial charge in [0.2, 0.25) is 5.91 Å². The minimum Gasteiger partial charge on any atom is -0.360 e. The van der Waals surface area contributed by atoms with Crippen molar-refractivity contribution in [3.8, 4) is 0 Å². The lowest BCUT2D eigenvalue weighted by atomic mass is 9.90. The smallest absolute Gasteiger partial charge is 0.217 e. The van der Waals surface area contributed by atoms with Crippen LogP contribution < -0.4 is 10.6 Å². The summed E-state index contributed by atoms with van der Waals surface area (Å²) in [5.41, 5.74) is 2.82. The fourth-order valence-corrected chi connectivity index (χ4v) is 4.30. The highest BCUT2D eigenvalue weighted by atomic mass is 32.1. The van der Waals surface area contributed by atoms with E-state index in [1.807, 2.05) is 25.4 Å². The van der Waals surface area contributed by atoms with Crippen LogP contribution in [0.3, 0.4) is 0 Å². The molecule has 2 aliphatic rings. The van der Waals surface area contributed by atoms with Crippen molar-refractivity contribution in [1.29, 1.82) is 0 Å². The van der Waals surface area contributed by atoms with E-state index in [4.69, 9.17) is 4.84 Å². The van der Waals surface area contributed by atoms with Gasteiger partial charge in [-0.1, -0.05) is 17.3 Å². The van der Waals surface area contributed by atoms with Crippen LogP contribution in [0.1, 0.15) is 50.6 Å². The van der Waals surface area contributed by atoms with Crippen LogP contribution in [0.5, 0.6) is 0 Å². The van der Waals surface area contributed by atoms with Crippen LogP contribution >= 0.6 is 11.3 Å². The summed E-state index contributed by atoms with van der Waals surface area (Å²) in [6.45, 7) is 7.37. The van der Waals surface area contributed by atoms with Gasteiger partial charge in [0.1, 0.15) is 16.6 Å². The Kier molecular flexibility index (Phi) is 8.31. The summed E-state index contributed by atoms with van der Waals surface area (Å²) in [5, 5.41) is 13.3. The lowest BCUT2D eigenvalue weighted by Crippen LogP contribution is -2.30. The predicted molar refractivity (Wildman–Crippen MR) is 122 cm³/mol. The fourth-order valence-electron chi connectivity index (χ4n) is 3.61. The molecule has 1 fully saturated rings. The van der Waals surface area contributed by atoms with E-state index in [0.29, 0.717) is 12.3 Å². The second-order valence-corrected chi connectivity index (χ2v) is 8.77. The molecule has 2 N–H and O–H groups in total. The van der Waals surface area contributed by atoms with E-state index >= 15 is 0 Å². The van der Waals surface area contributed by atoms with Crippen molar-refractivity contribution in [2.75, 3.05) is 13.1 Å². The molecule has 2 aliphatic heterocycles. The summed E-state index contributed by atoms with van der Waals surface area (Å²) in [6.07, 6.45) is 4.58. The summed E-state index contributed by atoms with van der Waals surface area (Å²) in [7, 11) is 0. The number of aromatic nitrogens is 1. The second-order valence-electron chi connectivity index (χ2n) is 7.87. The van der Waals surface area contributed by atoms with Gasteiger partial charge < -0.3 is 15.5 Å². The van der Waals surface area contributed by atoms with E-state index in [-0.39, 0.29) is 17.8 Å². The number of halogens is 1. The first-order chi connectivity index (χ1) is 14.9. The molecule has 0 unspecified atom stereocenters. The van der Waals surface area contributed by atoms with Crippen LogP contribution in [0.25, 0.3) is 5.57 Å². The van der Waals surface area contributed by atoms with Crippen molar-refractivity contribution >= 4 is 28.5 Å². The summed E-state index contributed by atoms with van der Waals surface area (Å²) in [4.78, 5) is 20.5. The van der Waals surface area contributed by atoms with Gasteiger partial charge in [0, 0.05) is 42.5 Å². The standard InChI is InChI=1S/C18H18FN3OS.C5H11NO/c19-14-3-1-12(2-4-14)16-11-15(18-21-9-10-24-18)17(23-22-16)13-5-7-20-8-6-13;1-4(2)6-5(3)7/h1-4,9-10,13,20H,5-8,11H2;4H,1-3H3,(H,6,7). The highest BCUT2D eigenvalue weighted by Crippen LogP contribution is 2.36. The van der Waals surface area contributed by atoms with Gasteiger partial charge >= 0.3 is 0 Å². The number of nitrogens with zero attached hydrogens (tertiary/aromatic N) is 2. The van der Waals surface area contributed by atoms with E-state index in [9.17, 15) is 9.18 Å². The third-order valence-corrected chi connectivity index (χ3v) is 5.80. The van der Waals surface area contributed by atoms with Gasteiger partial charge in [0.05, 0.1) is 5.71 Å². The lowest BCUT2D eigenvalue weighted by molar-refractivity contribution is -0.119. The monoisotopic (exact) mass is 444 g/mol. The fraction of sp³-hybridized carbons (Fsp3) is 0.435. The van der Waals surface area contributed by atoms with E-state index in [2.05, 4.69) is 20.8 Å². The van der Waals surface area contributed by atoms with Crippen molar-refractivity contribution in [2.24, 2.45) is 11.1 Å². The molecular formula is C23H29FN4O2S. The van der Waals surface area contributed by atoms with Crippen molar-refractivity contribution < 1.29 is 14.0 Å². The predicted octanol–water partition coefficient (Wildman–Crippen LogP) is 4.35. The summed E-state index contributed by atoms with van der Waals surface area (Å²) >= 11 is 1.62. The van der Waals surface area contributed by atoms with Crippen molar-refractivity contribution in [2.45, 2.75) is 46.1 Å². The number of amides is 1. The van der Waals surface area contributed by atoms with Gasteiger partial charge in [-0.25, -0.2) is 9.37 Å². The van der Waals surface area contributed by atoms with Gasteiger partial charge in [-0.15, -0.1) is 11.3 Å². The largest absolute Gasteiger partial charge is 0.360 e. The molecule has 0 spiro atoms. The quantitative estimate of drug-likeness (QED) is 0.735. The SMILES string of the molecule is CC(=O)NC(C)C.Fc1ccc(C2=NOC(C3CCNCC3)=C(c3nccs3)C2)cc1. The molecule has 0 saturated carbocycles. The molecule has 1 aromatic heterocycles. The van der Waals surface area contributed by atoms with E-state index in [1.165, 1.54) is 19.1 Å². The Morgan fingerprint density at radius 1 is 1.26 bits per heavy atom. The highest BCUT2D eigenvalue weighted by molar-refractivity contribution is 7.10. The number of piperidine rings is 1. The molecule has 3 heterocycles. The third kappa shape index (κ3) is 6.70. The first-order valence-electron chi connectivity index (χ1n) is 10.5. The van der Waals surface area contributed by atoms with Crippen LogP contribution in [0.2, 0.25) is 0 Å². The molecule has 2 aromatic rings. The van der Waals surface area contributed by atoms with Gasteiger partial charge in [0.15, 0.2) is 0 Å². The second kappa shape index (κ2) is 11.2. The van der Waals surface area contributed by atoms with E-state index < -0.39 is 0 Å². The Morgan fingerprint density at radius 2 is 1.97 bits per heavy atom. The summed E-state index contributed by atoms with van der Waals surface area (Å²) < 4.78 is 13.2. The molecular weight excluding hydrogens is 415 g/mol. The van der Waals surface area contributed by atoms with Crippen LogP contribution in [0.4, 0.5) is 4.39 Å². The zero-order chi connectivity index (χ0) is 22.2. The van der Waals surface area contributed by atoms with Gasteiger partial charge in [-0.05, 0) is 57.5 Å². The number of oxime groups is 1. The number of hydrogen-bond donors (Lipinski definition) is 2. The van der Waals surface area contributed by atoms with Crippen molar-refractivity contribution in [3.63, 3.8) is 0 Å². The Bertz CT molecular complexity index is 918. The first-order valence-corrected chi connectivity index (χ1v) is 11.4. The van der Waals surface area contributed by atoms with E-state index in [0.717, 1.165) is 53.5 Å². The molecule has 6 nitrogen and oxygen atoms in total. The van der Waals surface area contributed by atoms with Crippen LogP contribution in [-0.2, 0) is 9.63 Å². The Morgan fingerprint density at radius 3 is 2.52 bits per heavy atom. The molecule has 1 saturated heterocycles. The number of hydrogen-bond acceptors (Lipinski definition) is 6. The molecule has 0 atom stereocenters. The molecule has 0 bridgehead atoms. The zero-order valence-corrected chi connectivity index (χ0v) is 19.0. The number of carbonyl (C=O) groups is 1. The maximum Gasteiger partial charge on any atom is 0.217 e. The Labute approximate surface area is 186 Å². The number of nitrogens with one attached hydrogen (secondary N) is 2. The van der Waals surface area contributed by atoms with Crippen LogP contribution in [0, 0.1) is 11.7 Å². The topological polar surface area (TPSA) is 75.6 Å². The summed E-state index contributed by atoms with van der Waals surface area (Å²) in [6, 6.07) is 6.66. The first kappa shape index (κ1) is 23.1. The highest BCUT2D eigenvalue weighted by Gasteiger charge is 2.29. The lowest BCUT2D eigenvalue weighted by Gasteiger charge is -2.27. The van der Waals surface area contributed by atoms with Crippen molar-refractivity contribution in [3.05, 3.63) is 58.0 Å². The number of allylic oxidation sites excluding steroid dienone is 2.